The molecule has 21 heavy (non-hydrogen) atoms. The second kappa shape index (κ2) is 7.70. The monoisotopic (exact) mass is 311 g/mol. The molecule has 1 heterocycles. The van der Waals surface area contributed by atoms with Crippen molar-refractivity contribution in [3.8, 4) is 0 Å². The normalized spacial score (nSPS) is 15.5. The molecule has 3 nitrogen and oxygen atoms in total. The van der Waals surface area contributed by atoms with Gasteiger partial charge in [-0.05, 0) is 34.2 Å². The van der Waals surface area contributed by atoms with Crippen molar-refractivity contribution in [3.63, 3.8) is 0 Å². The van der Waals surface area contributed by atoms with Gasteiger partial charge in [-0.2, -0.15) is 0 Å². The Morgan fingerprint density at radius 1 is 1.29 bits per heavy atom. The van der Waals surface area contributed by atoms with Crippen LogP contribution < -0.4 is 5.32 Å². The predicted octanol–water partition coefficient (Wildman–Crippen LogP) is 4.13. The first-order chi connectivity index (χ1) is 9.66. The summed E-state index contributed by atoms with van der Waals surface area (Å²) in [7, 11) is 2.20. The summed E-state index contributed by atoms with van der Waals surface area (Å²) in [4.78, 5) is 8.55. The number of rotatable bonds is 7. The third-order valence-corrected chi connectivity index (χ3v) is 5.89. The van der Waals surface area contributed by atoms with Crippen LogP contribution in [0.3, 0.4) is 0 Å². The molecule has 2 unspecified atom stereocenters. The van der Waals surface area contributed by atoms with E-state index >= 15 is 0 Å². The number of hydrogen-bond donors (Lipinski definition) is 1. The highest BCUT2D eigenvalue weighted by Gasteiger charge is 2.22. The number of likely N-dealkylation sites (N-methyl/N-ethyl adjacent to an activating group) is 1. The van der Waals surface area contributed by atoms with Crippen LogP contribution in [-0.4, -0.2) is 36.1 Å². The molecule has 0 saturated carbocycles. The minimum atomic E-state index is 0.143. The van der Waals surface area contributed by atoms with Crippen LogP contribution >= 0.6 is 11.3 Å². The Hall–Kier alpha value is -0.450. The smallest absolute Gasteiger partial charge is 0.0985 e. The summed E-state index contributed by atoms with van der Waals surface area (Å²) >= 11 is 1.86. The molecule has 0 aliphatic heterocycles. The molecule has 1 rings (SSSR count). The second-order valence-electron chi connectivity index (χ2n) is 7.13. The first kappa shape index (κ1) is 18.6. The van der Waals surface area contributed by atoms with Crippen molar-refractivity contribution in [1.82, 2.24) is 15.2 Å². The molecule has 2 atom stereocenters. The maximum Gasteiger partial charge on any atom is 0.0985 e. The number of aromatic nitrogens is 1. The Bertz CT molecular complexity index is 434. The first-order valence-corrected chi connectivity index (χ1v) is 8.89. The van der Waals surface area contributed by atoms with Gasteiger partial charge in [0.25, 0.3) is 0 Å². The van der Waals surface area contributed by atoms with E-state index in [1.165, 1.54) is 22.0 Å². The van der Waals surface area contributed by atoms with E-state index in [0.717, 1.165) is 13.1 Å². The largest absolute Gasteiger partial charge is 0.308 e. The third-order valence-electron chi connectivity index (χ3n) is 4.13. The molecule has 122 valence electrons. The van der Waals surface area contributed by atoms with Crippen molar-refractivity contribution >= 4 is 11.3 Å². The minimum absolute atomic E-state index is 0.143. The number of hydrogen-bond acceptors (Lipinski definition) is 4. The molecule has 0 aromatic carbocycles. The van der Waals surface area contributed by atoms with Crippen molar-refractivity contribution < 1.29 is 0 Å². The van der Waals surface area contributed by atoms with Gasteiger partial charge in [0.1, 0.15) is 0 Å². The number of nitrogens with zero attached hydrogens (tertiary/aromatic N) is 2. The standard InChI is InChI=1S/C17H33N3S/c1-9-12(2)20(8)11-10-18-13(3)15-14(4)19-16(21-15)17(5,6)7/h12-13,18H,9-11H2,1-8H3. The lowest BCUT2D eigenvalue weighted by atomic mass is 9.98. The van der Waals surface area contributed by atoms with Gasteiger partial charge in [-0.1, -0.05) is 27.7 Å². The Balaban J connectivity index is 2.57. The molecule has 1 aromatic heterocycles. The number of aryl methyl sites for hydroxylation is 1. The fraction of sp³-hybridized carbons (Fsp3) is 0.824. The third kappa shape index (κ3) is 5.35. The Morgan fingerprint density at radius 3 is 2.38 bits per heavy atom. The topological polar surface area (TPSA) is 28.2 Å². The molecule has 0 spiro atoms. The second-order valence-corrected chi connectivity index (χ2v) is 8.16. The summed E-state index contributed by atoms with van der Waals surface area (Å²) in [5, 5.41) is 4.88. The molecule has 0 bridgehead atoms. The SMILES string of the molecule is CCC(C)N(C)CCNC(C)c1sc(C(C)(C)C)nc1C. The van der Waals surface area contributed by atoms with Crippen molar-refractivity contribution in [2.45, 2.75) is 72.4 Å². The van der Waals surface area contributed by atoms with Gasteiger partial charge in [0.15, 0.2) is 0 Å². The van der Waals surface area contributed by atoms with Gasteiger partial charge in [-0.3, -0.25) is 0 Å². The summed E-state index contributed by atoms with van der Waals surface area (Å²) in [6.45, 7) is 17.7. The zero-order valence-electron chi connectivity index (χ0n) is 15.1. The maximum absolute atomic E-state index is 4.76. The van der Waals surface area contributed by atoms with Crippen molar-refractivity contribution in [1.29, 1.82) is 0 Å². The zero-order chi connectivity index (χ0) is 16.2. The van der Waals surface area contributed by atoms with Crippen LogP contribution in [0.25, 0.3) is 0 Å². The van der Waals surface area contributed by atoms with Crippen molar-refractivity contribution in [2.24, 2.45) is 0 Å². The van der Waals surface area contributed by atoms with E-state index < -0.39 is 0 Å². The van der Waals surface area contributed by atoms with E-state index in [4.69, 9.17) is 4.98 Å². The average Bonchev–Trinajstić information content (AvgIpc) is 2.79. The van der Waals surface area contributed by atoms with Gasteiger partial charge in [-0.25, -0.2) is 4.98 Å². The van der Waals surface area contributed by atoms with E-state index in [1.54, 1.807) is 0 Å². The molecule has 0 amide bonds. The molecule has 0 radical (unpaired) electrons. The molecule has 1 aromatic rings. The zero-order valence-corrected chi connectivity index (χ0v) is 15.9. The van der Waals surface area contributed by atoms with Gasteiger partial charge in [-0.15, -0.1) is 11.3 Å². The fourth-order valence-electron chi connectivity index (χ4n) is 2.21. The van der Waals surface area contributed by atoms with Gasteiger partial charge < -0.3 is 10.2 Å². The van der Waals surface area contributed by atoms with Crippen LogP contribution in [0.15, 0.2) is 0 Å². The quantitative estimate of drug-likeness (QED) is 0.820. The van der Waals surface area contributed by atoms with E-state index in [2.05, 4.69) is 65.7 Å². The molecule has 0 saturated heterocycles. The highest BCUT2D eigenvalue weighted by Crippen LogP contribution is 2.32. The summed E-state index contributed by atoms with van der Waals surface area (Å²) in [5.74, 6) is 0. The Labute approximate surface area is 135 Å². The van der Waals surface area contributed by atoms with Crippen molar-refractivity contribution in [3.05, 3.63) is 15.6 Å². The fourth-order valence-corrected chi connectivity index (χ4v) is 3.36. The molecule has 4 heteroatoms. The Morgan fingerprint density at radius 2 is 1.90 bits per heavy atom. The lowest BCUT2D eigenvalue weighted by Gasteiger charge is -2.24. The van der Waals surface area contributed by atoms with Crippen LogP contribution in [0.5, 0.6) is 0 Å². The van der Waals surface area contributed by atoms with E-state index in [-0.39, 0.29) is 5.41 Å². The van der Waals surface area contributed by atoms with Crippen LogP contribution in [-0.2, 0) is 5.41 Å². The van der Waals surface area contributed by atoms with E-state index in [0.29, 0.717) is 12.1 Å². The highest BCUT2D eigenvalue weighted by molar-refractivity contribution is 7.12. The van der Waals surface area contributed by atoms with Gasteiger partial charge >= 0.3 is 0 Å². The summed E-state index contributed by atoms with van der Waals surface area (Å²) in [6, 6.07) is 1.03. The first-order valence-electron chi connectivity index (χ1n) is 8.08. The van der Waals surface area contributed by atoms with Crippen LogP contribution in [0.1, 0.15) is 69.6 Å². The number of thiazole rings is 1. The lowest BCUT2D eigenvalue weighted by molar-refractivity contribution is 0.249. The lowest BCUT2D eigenvalue weighted by Crippen LogP contribution is -2.35. The molecule has 0 fully saturated rings. The van der Waals surface area contributed by atoms with Gasteiger partial charge in [0.05, 0.1) is 10.7 Å². The summed E-state index contributed by atoms with van der Waals surface area (Å²) in [5.41, 5.74) is 1.32. The van der Waals surface area contributed by atoms with Gasteiger partial charge in [0, 0.05) is 35.5 Å². The van der Waals surface area contributed by atoms with Crippen LogP contribution in [0, 0.1) is 6.92 Å². The van der Waals surface area contributed by atoms with E-state index in [9.17, 15) is 0 Å². The van der Waals surface area contributed by atoms with Crippen molar-refractivity contribution in [2.75, 3.05) is 20.1 Å². The van der Waals surface area contributed by atoms with Gasteiger partial charge in [0.2, 0.25) is 0 Å². The summed E-state index contributed by atoms with van der Waals surface area (Å²) in [6.07, 6.45) is 1.20. The predicted molar refractivity (Wildman–Crippen MR) is 94.4 cm³/mol. The van der Waals surface area contributed by atoms with E-state index in [1.807, 2.05) is 11.3 Å². The minimum Gasteiger partial charge on any atom is -0.308 e. The summed E-state index contributed by atoms with van der Waals surface area (Å²) < 4.78 is 0. The molecular weight excluding hydrogens is 278 g/mol. The number of nitrogens with one attached hydrogen (secondary N) is 1. The highest BCUT2D eigenvalue weighted by atomic mass is 32.1. The molecule has 1 N–H and O–H groups in total. The molecule has 0 aliphatic carbocycles. The molecular formula is C17H33N3S. The average molecular weight is 312 g/mol. The Kier molecular flexibility index (Phi) is 6.82. The van der Waals surface area contributed by atoms with Crippen LogP contribution in [0.2, 0.25) is 0 Å². The molecule has 0 aliphatic rings. The maximum atomic E-state index is 4.76. The van der Waals surface area contributed by atoms with Crippen LogP contribution in [0.4, 0.5) is 0 Å².